The molecule has 3 rings (SSSR count). The van der Waals surface area contributed by atoms with E-state index in [1.165, 1.54) is 0 Å². The number of rotatable bonds is 5. The van der Waals surface area contributed by atoms with Crippen LogP contribution in [0.25, 0.3) is 0 Å². The van der Waals surface area contributed by atoms with Gasteiger partial charge in [-0.2, -0.15) is 0 Å². The van der Waals surface area contributed by atoms with Crippen molar-refractivity contribution in [2.75, 3.05) is 0 Å². The van der Waals surface area contributed by atoms with E-state index in [1.807, 2.05) is 73.7 Å². The van der Waals surface area contributed by atoms with Gasteiger partial charge >= 0.3 is 0 Å². The number of hydrogen-bond acceptors (Lipinski definition) is 3. The van der Waals surface area contributed by atoms with Gasteiger partial charge in [0.1, 0.15) is 11.4 Å². The van der Waals surface area contributed by atoms with Crippen LogP contribution in [0.3, 0.4) is 0 Å². The minimum Gasteiger partial charge on any atom is -0.507 e. The molecule has 0 heterocycles. The molecule has 0 aromatic heterocycles. The second kappa shape index (κ2) is 7.32. The fourth-order valence-corrected chi connectivity index (χ4v) is 2.93. The van der Waals surface area contributed by atoms with Crippen molar-refractivity contribution >= 4 is 6.21 Å². The molecule has 126 valence electrons. The van der Waals surface area contributed by atoms with Gasteiger partial charge < -0.3 is 10.2 Å². The van der Waals surface area contributed by atoms with Crippen LogP contribution in [0.5, 0.6) is 5.75 Å². The zero-order chi connectivity index (χ0) is 17.7. The van der Waals surface area contributed by atoms with E-state index in [9.17, 15) is 10.2 Å². The third kappa shape index (κ3) is 3.47. The molecule has 0 radical (unpaired) electrons. The van der Waals surface area contributed by atoms with Gasteiger partial charge in [-0.15, -0.1) is 0 Å². The summed E-state index contributed by atoms with van der Waals surface area (Å²) >= 11 is 0. The van der Waals surface area contributed by atoms with Gasteiger partial charge in [-0.25, -0.2) is 0 Å². The van der Waals surface area contributed by atoms with Crippen LogP contribution in [0, 0.1) is 0 Å². The first-order valence-electron chi connectivity index (χ1n) is 8.27. The first-order chi connectivity index (χ1) is 12.1. The molecule has 3 heteroatoms. The van der Waals surface area contributed by atoms with Gasteiger partial charge in [-0.1, -0.05) is 72.8 Å². The van der Waals surface area contributed by atoms with E-state index >= 15 is 0 Å². The van der Waals surface area contributed by atoms with Crippen molar-refractivity contribution in [2.24, 2.45) is 4.99 Å². The third-order valence-corrected chi connectivity index (χ3v) is 4.41. The summed E-state index contributed by atoms with van der Waals surface area (Å²) < 4.78 is 0. The Labute approximate surface area is 147 Å². The minimum atomic E-state index is -1.26. The maximum Gasteiger partial charge on any atom is 0.137 e. The van der Waals surface area contributed by atoms with Crippen LogP contribution in [0.4, 0.5) is 0 Å². The smallest absolute Gasteiger partial charge is 0.137 e. The highest BCUT2D eigenvalue weighted by Gasteiger charge is 2.37. The van der Waals surface area contributed by atoms with Gasteiger partial charge in [0.15, 0.2) is 0 Å². The van der Waals surface area contributed by atoms with Gasteiger partial charge in [0.2, 0.25) is 0 Å². The number of phenols is 1. The highest BCUT2D eigenvalue weighted by Crippen LogP contribution is 2.34. The molecule has 0 fully saturated rings. The van der Waals surface area contributed by atoms with E-state index in [4.69, 9.17) is 0 Å². The lowest BCUT2D eigenvalue weighted by atomic mass is 9.81. The van der Waals surface area contributed by atoms with Crippen molar-refractivity contribution in [1.29, 1.82) is 0 Å². The largest absolute Gasteiger partial charge is 0.507 e. The summed E-state index contributed by atoms with van der Waals surface area (Å²) in [5, 5.41) is 21.5. The summed E-state index contributed by atoms with van der Waals surface area (Å²) in [5.74, 6) is 0.168. The number of hydrogen-bond donors (Lipinski definition) is 2. The molecule has 0 amide bonds. The van der Waals surface area contributed by atoms with E-state index in [0.717, 1.165) is 11.1 Å². The van der Waals surface area contributed by atoms with E-state index in [1.54, 1.807) is 24.4 Å². The third-order valence-electron chi connectivity index (χ3n) is 4.41. The predicted octanol–water partition coefficient (Wildman–Crippen LogP) is 4.14. The molecule has 2 N–H and O–H groups in total. The Bertz CT molecular complexity index is 805. The number of aliphatic hydroxyl groups is 1. The van der Waals surface area contributed by atoms with Gasteiger partial charge in [0.05, 0.1) is 6.04 Å². The van der Waals surface area contributed by atoms with E-state index < -0.39 is 11.6 Å². The number of aromatic hydroxyl groups is 1. The van der Waals surface area contributed by atoms with Gasteiger partial charge in [0, 0.05) is 11.8 Å². The molecular weight excluding hydrogens is 310 g/mol. The van der Waals surface area contributed by atoms with Gasteiger partial charge in [-0.3, -0.25) is 4.99 Å². The Morgan fingerprint density at radius 1 is 0.800 bits per heavy atom. The summed E-state index contributed by atoms with van der Waals surface area (Å²) in [6, 6.07) is 25.6. The topological polar surface area (TPSA) is 52.8 Å². The second-order valence-electron chi connectivity index (χ2n) is 6.01. The number of nitrogens with zero attached hydrogens (tertiary/aromatic N) is 1. The number of aliphatic imine (C=N–C) groups is 1. The standard InChI is InChI=1S/C22H21NO2/c1-17(23-16-18-10-8-9-15-21(18)24)22(25,19-11-4-2-5-12-19)20-13-6-3-7-14-20/h2-17,24-25H,1H3/t17-/m0/s1. The first-order valence-corrected chi connectivity index (χ1v) is 8.27. The number of phenolic OH excluding ortho intramolecular Hbond substituents is 1. The zero-order valence-corrected chi connectivity index (χ0v) is 14.1. The molecule has 25 heavy (non-hydrogen) atoms. The molecule has 0 aliphatic heterocycles. The Hall–Kier alpha value is -2.91. The van der Waals surface area contributed by atoms with E-state index in [0.29, 0.717) is 5.56 Å². The van der Waals surface area contributed by atoms with Crippen LogP contribution in [-0.2, 0) is 5.60 Å². The Balaban J connectivity index is 2.02. The van der Waals surface area contributed by atoms with Crippen molar-refractivity contribution in [2.45, 2.75) is 18.6 Å². The molecule has 0 aliphatic rings. The number of para-hydroxylation sites is 1. The summed E-state index contributed by atoms with van der Waals surface area (Å²) in [5.41, 5.74) is 0.924. The maximum atomic E-state index is 11.6. The highest BCUT2D eigenvalue weighted by molar-refractivity contribution is 5.83. The zero-order valence-electron chi connectivity index (χ0n) is 14.1. The second-order valence-corrected chi connectivity index (χ2v) is 6.01. The SMILES string of the molecule is C[C@H](N=Cc1ccccc1O)C(O)(c1ccccc1)c1ccccc1. The molecule has 3 aromatic carbocycles. The van der Waals surface area contributed by atoms with Crippen LogP contribution >= 0.6 is 0 Å². The quantitative estimate of drug-likeness (QED) is 0.691. The summed E-state index contributed by atoms with van der Waals surface area (Å²) in [6.45, 7) is 1.87. The lowest BCUT2D eigenvalue weighted by Gasteiger charge is -2.33. The lowest BCUT2D eigenvalue weighted by molar-refractivity contribution is 0.0589. The molecule has 0 saturated heterocycles. The summed E-state index contributed by atoms with van der Waals surface area (Å²) in [7, 11) is 0. The van der Waals surface area contributed by atoms with Crippen LogP contribution in [0.1, 0.15) is 23.6 Å². The molecular formula is C22H21NO2. The van der Waals surface area contributed by atoms with Crippen LogP contribution < -0.4 is 0 Å². The van der Waals surface area contributed by atoms with Crippen molar-refractivity contribution in [3.05, 3.63) is 102 Å². The average Bonchev–Trinajstić information content (AvgIpc) is 2.68. The minimum absolute atomic E-state index is 0.168. The molecule has 3 nitrogen and oxygen atoms in total. The normalized spacial score (nSPS) is 13.0. The Morgan fingerprint density at radius 3 is 1.80 bits per heavy atom. The molecule has 1 atom stereocenters. The highest BCUT2D eigenvalue weighted by atomic mass is 16.3. The first kappa shape index (κ1) is 16.9. The van der Waals surface area contributed by atoms with Gasteiger partial charge in [-0.05, 0) is 30.2 Å². The maximum absolute atomic E-state index is 11.6. The van der Waals surface area contributed by atoms with Crippen molar-refractivity contribution in [1.82, 2.24) is 0 Å². The molecule has 0 unspecified atom stereocenters. The molecule has 0 bridgehead atoms. The fraction of sp³-hybridized carbons (Fsp3) is 0.136. The van der Waals surface area contributed by atoms with Crippen molar-refractivity contribution in [3.63, 3.8) is 0 Å². The van der Waals surface area contributed by atoms with E-state index in [-0.39, 0.29) is 5.75 Å². The molecule has 0 saturated carbocycles. The lowest BCUT2D eigenvalue weighted by Crippen LogP contribution is -2.38. The van der Waals surface area contributed by atoms with Crippen LogP contribution in [-0.4, -0.2) is 22.5 Å². The molecule has 0 aliphatic carbocycles. The van der Waals surface area contributed by atoms with E-state index in [2.05, 4.69) is 4.99 Å². The Kier molecular flexibility index (Phi) is 4.96. The van der Waals surface area contributed by atoms with Crippen LogP contribution in [0.2, 0.25) is 0 Å². The Morgan fingerprint density at radius 2 is 1.28 bits per heavy atom. The van der Waals surface area contributed by atoms with Crippen LogP contribution in [0.15, 0.2) is 89.9 Å². The van der Waals surface area contributed by atoms with Crippen molar-refractivity contribution < 1.29 is 10.2 Å². The molecule has 3 aromatic rings. The predicted molar refractivity (Wildman–Crippen MR) is 101 cm³/mol. The summed E-state index contributed by atoms with van der Waals surface area (Å²) in [4.78, 5) is 4.55. The monoisotopic (exact) mass is 331 g/mol. The molecule has 0 spiro atoms. The summed E-state index contributed by atoms with van der Waals surface area (Å²) in [6.07, 6.45) is 1.61. The number of benzene rings is 3. The van der Waals surface area contributed by atoms with Gasteiger partial charge in [0.25, 0.3) is 0 Å². The fourth-order valence-electron chi connectivity index (χ4n) is 2.93. The average molecular weight is 331 g/mol. The van der Waals surface area contributed by atoms with Crippen molar-refractivity contribution in [3.8, 4) is 5.75 Å².